The molecule has 238 valence electrons. The molecule has 0 saturated carbocycles. The molecule has 0 saturated heterocycles. The van der Waals surface area contributed by atoms with Crippen LogP contribution in [0.2, 0.25) is 5.02 Å². The fourth-order valence-corrected chi connectivity index (χ4v) is 5.65. The lowest BCUT2D eigenvalue weighted by Crippen LogP contribution is -2.53. The number of aromatic nitrogens is 1. The van der Waals surface area contributed by atoms with Gasteiger partial charge in [0.15, 0.2) is 0 Å². The summed E-state index contributed by atoms with van der Waals surface area (Å²) in [6, 6.07) is 13.9. The number of nitrogens with one attached hydrogen (secondary N) is 1. The zero-order valence-corrected chi connectivity index (χ0v) is 26.8. The first kappa shape index (κ1) is 34.6. The predicted octanol–water partition coefficient (Wildman–Crippen LogP) is 5.85. The zero-order chi connectivity index (χ0) is 32.1. The van der Waals surface area contributed by atoms with Crippen molar-refractivity contribution < 1.29 is 23.9 Å². The Bertz CT molecular complexity index is 1420. The van der Waals surface area contributed by atoms with Gasteiger partial charge >= 0.3 is 5.97 Å². The number of carbonyl (C=O) groups is 4. The van der Waals surface area contributed by atoms with E-state index < -0.39 is 17.9 Å². The van der Waals surface area contributed by atoms with Gasteiger partial charge in [-0.1, -0.05) is 81.1 Å². The monoisotopic (exact) mass is 624 g/mol. The van der Waals surface area contributed by atoms with Crippen molar-refractivity contribution >= 4 is 46.2 Å². The Morgan fingerprint density at radius 1 is 0.977 bits per heavy atom. The van der Waals surface area contributed by atoms with E-state index in [-0.39, 0.29) is 37.2 Å². The molecule has 0 aliphatic carbocycles. The summed E-state index contributed by atoms with van der Waals surface area (Å²) < 4.78 is 6.77. The summed E-state index contributed by atoms with van der Waals surface area (Å²) in [5.74, 6) is -1.54. The number of rotatable bonds is 18. The molecule has 1 heterocycles. The minimum Gasteiger partial charge on any atom is -0.469 e. The summed E-state index contributed by atoms with van der Waals surface area (Å²) in [5.41, 5.74) is 7.81. The predicted molar refractivity (Wildman–Crippen MR) is 173 cm³/mol. The van der Waals surface area contributed by atoms with Gasteiger partial charge in [-0.2, -0.15) is 0 Å². The molecule has 0 bridgehead atoms. The molecule has 0 spiro atoms. The molecule has 0 radical (unpaired) electrons. The zero-order valence-electron chi connectivity index (χ0n) is 26.0. The highest BCUT2D eigenvalue weighted by molar-refractivity contribution is 6.31. The second kappa shape index (κ2) is 17.4. The first-order valence-corrected chi connectivity index (χ1v) is 15.9. The Balaban J connectivity index is 1.96. The number of hydrogen-bond donors (Lipinski definition) is 2. The van der Waals surface area contributed by atoms with E-state index in [1.165, 1.54) is 7.11 Å². The van der Waals surface area contributed by atoms with Crippen LogP contribution in [0.1, 0.15) is 87.6 Å². The standard InChI is InChI=1S/C34H45ClN4O5/c1-4-6-14-25(21-31(36)40)39(20-7-5-2)34(43)29(17-12-19-32(41)44-3)37-33(42)27-23-38(30-18-11-9-15-26(27)30)22-24-13-8-10-16-28(24)35/h8-11,13,15-16,18,23,25,29H,4-7,12,14,17,19-22H2,1-3H3,(H2,36,40)(H,37,42)/t25-,29-/m0/s1. The summed E-state index contributed by atoms with van der Waals surface area (Å²) in [6.07, 6.45) is 6.49. The van der Waals surface area contributed by atoms with Crippen LogP contribution in [0.15, 0.2) is 54.7 Å². The Morgan fingerprint density at radius 2 is 1.68 bits per heavy atom. The lowest BCUT2D eigenvalue weighted by atomic mass is 10.0. The largest absolute Gasteiger partial charge is 0.469 e. The van der Waals surface area contributed by atoms with E-state index in [9.17, 15) is 19.2 Å². The maximum Gasteiger partial charge on any atom is 0.305 e. The third-order valence-electron chi connectivity index (χ3n) is 7.84. The molecule has 0 fully saturated rings. The lowest BCUT2D eigenvalue weighted by Gasteiger charge is -2.34. The molecular formula is C34H45ClN4O5. The topological polar surface area (TPSA) is 124 Å². The Hall–Kier alpha value is -3.85. The number of methoxy groups -OCH3 is 1. The van der Waals surface area contributed by atoms with Crippen molar-refractivity contribution in [1.29, 1.82) is 0 Å². The van der Waals surface area contributed by atoms with Crippen LogP contribution in [0.5, 0.6) is 0 Å². The smallest absolute Gasteiger partial charge is 0.305 e. The van der Waals surface area contributed by atoms with Crippen LogP contribution in [0.25, 0.3) is 10.9 Å². The highest BCUT2D eigenvalue weighted by Crippen LogP contribution is 2.25. The van der Waals surface area contributed by atoms with Crippen LogP contribution in [0.4, 0.5) is 0 Å². The van der Waals surface area contributed by atoms with E-state index in [0.717, 1.165) is 42.1 Å². The first-order chi connectivity index (χ1) is 21.2. The molecular weight excluding hydrogens is 580 g/mol. The highest BCUT2D eigenvalue weighted by atomic mass is 35.5. The number of amides is 3. The minimum absolute atomic E-state index is 0.0494. The molecule has 0 aliphatic rings. The number of halogens is 1. The van der Waals surface area contributed by atoms with Crippen molar-refractivity contribution in [3.63, 3.8) is 0 Å². The normalized spacial score (nSPS) is 12.5. The molecule has 9 nitrogen and oxygen atoms in total. The number of carbonyl (C=O) groups excluding carboxylic acids is 4. The van der Waals surface area contributed by atoms with E-state index in [0.29, 0.717) is 36.5 Å². The molecule has 10 heteroatoms. The van der Waals surface area contributed by atoms with E-state index >= 15 is 0 Å². The maximum absolute atomic E-state index is 14.2. The molecule has 2 atom stereocenters. The van der Waals surface area contributed by atoms with Crippen LogP contribution >= 0.6 is 11.6 Å². The third-order valence-corrected chi connectivity index (χ3v) is 8.21. The number of nitrogens with zero attached hydrogens (tertiary/aromatic N) is 2. The number of fused-ring (bicyclic) bond motifs is 1. The Labute approximate surface area is 265 Å². The molecule has 44 heavy (non-hydrogen) atoms. The van der Waals surface area contributed by atoms with Crippen molar-refractivity contribution in [2.24, 2.45) is 5.73 Å². The summed E-state index contributed by atoms with van der Waals surface area (Å²) >= 11 is 6.44. The maximum atomic E-state index is 14.2. The van der Waals surface area contributed by atoms with Crippen molar-refractivity contribution in [2.75, 3.05) is 13.7 Å². The van der Waals surface area contributed by atoms with Gasteiger partial charge in [-0.15, -0.1) is 0 Å². The van der Waals surface area contributed by atoms with Crippen LogP contribution in [-0.4, -0.2) is 58.9 Å². The number of hydrogen-bond acceptors (Lipinski definition) is 5. The molecule has 1 aromatic heterocycles. The Kier molecular flexibility index (Phi) is 13.7. The van der Waals surface area contributed by atoms with Crippen LogP contribution < -0.4 is 11.1 Å². The van der Waals surface area contributed by atoms with Gasteiger partial charge < -0.3 is 25.3 Å². The second-order valence-corrected chi connectivity index (χ2v) is 11.5. The number of primary amides is 1. The SMILES string of the molecule is CCCC[C@@H](CC(N)=O)N(CCCC)C(=O)[C@H](CCCC(=O)OC)NC(=O)c1cn(Cc2ccccc2Cl)c2ccccc12. The van der Waals surface area contributed by atoms with E-state index in [1.807, 2.05) is 60.0 Å². The fraction of sp³-hybridized carbons (Fsp3) is 0.471. The number of unbranched alkanes of at least 4 members (excludes halogenated alkanes) is 2. The molecule has 3 amide bonds. The van der Waals surface area contributed by atoms with Gasteiger partial charge in [0.05, 0.1) is 12.7 Å². The number of nitrogens with two attached hydrogens (primary N) is 1. The molecule has 0 unspecified atom stereocenters. The quantitative estimate of drug-likeness (QED) is 0.172. The summed E-state index contributed by atoms with van der Waals surface area (Å²) in [5, 5.41) is 4.37. The number of ether oxygens (including phenoxy) is 1. The number of para-hydroxylation sites is 1. The summed E-state index contributed by atoms with van der Waals surface area (Å²) in [7, 11) is 1.32. The average molecular weight is 625 g/mol. The van der Waals surface area contributed by atoms with Gasteiger partial charge in [0.2, 0.25) is 11.8 Å². The van der Waals surface area contributed by atoms with Crippen LogP contribution in [0, 0.1) is 0 Å². The van der Waals surface area contributed by atoms with Crippen molar-refractivity contribution in [2.45, 2.75) is 90.3 Å². The molecule has 2 aromatic carbocycles. The second-order valence-electron chi connectivity index (χ2n) is 11.1. The Morgan fingerprint density at radius 3 is 2.36 bits per heavy atom. The van der Waals surface area contributed by atoms with Crippen molar-refractivity contribution in [3.05, 3.63) is 70.9 Å². The summed E-state index contributed by atoms with van der Waals surface area (Å²) in [4.78, 5) is 53.8. The lowest BCUT2D eigenvalue weighted by molar-refractivity contribution is -0.141. The van der Waals surface area contributed by atoms with E-state index in [4.69, 9.17) is 22.1 Å². The third kappa shape index (κ3) is 9.58. The van der Waals surface area contributed by atoms with Gasteiger partial charge in [0.1, 0.15) is 6.04 Å². The van der Waals surface area contributed by atoms with Gasteiger partial charge in [0.25, 0.3) is 5.91 Å². The van der Waals surface area contributed by atoms with Gasteiger partial charge in [-0.05, 0) is 43.4 Å². The van der Waals surface area contributed by atoms with Crippen LogP contribution in [0.3, 0.4) is 0 Å². The molecule has 0 aliphatic heterocycles. The minimum atomic E-state index is -0.910. The summed E-state index contributed by atoms with van der Waals surface area (Å²) in [6.45, 7) is 4.99. The average Bonchev–Trinajstić information content (AvgIpc) is 3.38. The molecule has 3 N–H and O–H groups in total. The van der Waals surface area contributed by atoms with Gasteiger partial charge in [-0.3, -0.25) is 19.2 Å². The number of esters is 1. The van der Waals surface area contributed by atoms with Gasteiger partial charge in [0, 0.05) is 54.1 Å². The van der Waals surface area contributed by atoms with Crippen molar-refractivity contribution in [1.82, 2.24) is 14.8 Å². The first-order valence-electron chi connectivity index (χ1n) is 15.5. The highest BCUT2D eigenvalue weighted by Gasteiger charge is 2.32. The molecule has 3 rings (SSSR count). The van der Waals surface area contributed by atoms with E-state index in [2.05, 4.69) is 12.2 Å². The fourth-order valence-electron chi connectivity index (χ4n) is 5.46. The molecule has 3 aromatic rings. The van der Waals surface area contributed by atoms with Crippen molar-refractivity contribution in [3.8, 4) is 0 Å². The van der Waals surface area contributed by atoms with Gasteiger partial charge in [-0.25, -0.2) is 0 Å². The number of benzene rings is 2. The van der Waals surface area contributed by atoms with E-state index in [1.54, 1.807) is 11.1 Å². The van der Waals surface area contributed by atoms with Crippen LogP contribution in [-0.2, 0) is 25.7 Å².